The Hall–Kier alpha value is -3.92. The SMILES string of the molecule is CCOc1ccc(S(=O)(=O)Nc2ccc(C(=O)NNC(=O)c3ccc(F)cc3)cc2)cc1. The number of hydrogen-bond donors (Lipinski definition) is 3. The van der Waals surface area contributed by atoms with Gasteiger partial charge in [0, 0.05) is 16.8 Å². The molecule has 32 heavy (non-hydrogen) atoms. The fraction of sp³-hybridized carbons (Fsp3) is 0.0909. The molecule has 0 atom stereocenters. The first-order valence-corrected chi connectivity index (χ1v) is 11.0. The minimum atomic E-state index is -3.82. The molecule has 0 saturated carbocycles. The third kappa shape index (κ3) is 5.82. The Morgan fingerprint density at radius 3 is 1.81 bits per heavy atom. The molecule has 0 radical (unpaired) electrons. The van der Waals surface area contributed by atoms with Crippen LogP contribution in [0.2, 0.25) is 0 Å². The van der Waals surface area contributed by atoms with Crippen LogP contribution in [-0.4, -0.2) is 26.8 Å². The molecule has 3 aromatic rings. The number of halogens is 1. The lowest BCUT2D eigenvalue weighted by molar-refractivity contribution is 0.0846. The van der Waals surface area contributed by atoms with Crippen LogP contribution >= 0.6 is 0 Å². The molecule has 0 aromatic heterocycles. The normalized spacial score (nSPS) is 10.8. The van der Waals surface area contributed by atoms with Gasteiger partial charge in [-0.15, -0.1) is 0 Å². The van der Waals surface area contributed by atoms with Gasteiger partial charge < -0.3 is 4.74 Å². The average Bonchev–Trinajstić information content (AvgIpc) is 2.78. The summed E-state index contributed by atoms with van der Waals surface area (Å²) in [6, 6.07) is 16.4. The van der Waals surface area contributed by atoms with Crippen LogP contribution in [-0.2, 0) is 10.0 Å². The van der Waals surface area contributed by atoms with E-state index in [0.717, 1.165) is 12.1 Å². The number of benzene rings is 3. The van der Waals surface area contributed by atoms with Gasteiger partial charge in [-0.25, -0.2) is 12.8 Å². The van der Waals surface area contributed by atoms with Crippen molar-refractivity contribution in [3.63, 3.8) is 0 Å². The van der Waals surface area contributed by atoms with Crippen LogP contribution in [0.4, 0.5) is 10.1 Å². The second kappa shape index (κ2) is 9.92. The quantitative estimate of drug-likeness (QED) is 0.472. The summed E-state index contributed by atoms with van der Waals surface area (Å²) in [4.78, 5) is 24.2. The summed E-state index contributed by atoms with van der Waals surface area (Å²) < 4.78 is 45.7. The zero-order chi connectivity index (χ0) is 23.1. The average molecular weight is 457 g/mol. The van der Waals surface area contributed by atoms with E-state index in [1.807, 2.05) is 6.92 Å². The smallest absolute Gasteiger partial charge is 0.269 e. The second-order valence-corrected chi connectivity index (χ2v) is 8.18. The van der Waals surface area contributed by atoms with Gasteiger partial charge in [-0.1, -0.05) is 0 Å². The van der Waals surface area contributed by atoms with Gasteiger partial charge in [0.05, 0.1) is 11.5 Å². The number of hydrogen-bond acceptors (Lipinski definition) is 5. The lowest BCUT2D eigenvalue weighted by atomic mass is 10.2. The van der Waals surface area contributed by atoms with Crippen molar-refractivity contribution < 1.29 is 27.1 Å². The van der Waals surface area contributed by atoms with Gasteiger partial charge in [0.2, 0.25) is 0 Å². The van der Waals surface area contributed by atoms with Gasteiger partial charge in [0.25, 0.3) is 21.8 Å². The topological polar surface area (TPSA) is 114 Å². The van der Waals surface area contributed by atoms with Crippen LogP contribution in [0.1, 0.15) is 27.6 Å². The zero-order valence-corrected chi connectivity index (χ0v) is 17.8. The molecule has 166 valence electrons. The summed E-state index contributed by atoms with van der Waals surface area (Å²) in [6.45, 7) is 2.30. The van der Waals surface area contributed by atoms with Crippen LogP contribution in [0, 0.1) is 5.82 Å². The molecule has 0 aliphatic carbocycles. The van der Waals surface area contributed by atoms with Gasteiger partial charge in [-0.2, -0.15) is 0 Å². The van der Waals surface area contributed by atoms with E-state index in [1.165, 1.54) is 48.5 Å². The van der Waals surface area contributed by atoms with E-state index in [9.17, 15) is 22.4 Å². The largest absolute Gasteiger partial charge is 0.494 e. The van der Waals surface area contributed by atoms with Crippen molar-refractivity contribution in [3.05, 3.63) is 89.7 Å². The monoisotopic (exact) mass is 457 g/mol. The van der Waals surface area contributed by atoms with E-state index in [1.54, 1.807) is 12.1 Å². The molecule has 0 saturated heterocycles. The minimum Gasteiger partial charge on any atom is -0.494 e. The molecule has 8 nitrogen and oxygen atoms in total. The first-order valence-electron chi connectivity index (χ1n) is 9.50. The number of ether oxygens (including phenoxy) is 1. The number of hydrazine groups is 1. The summed E-state index contributed by atoms with van der Waals surface area (Å²) in [7, 11) is -3.82. The fourth-order valence-corrected chi connectivity index (χ4v) is 3.70. The number of amides is 2. The summed E-state index contributed by atoms with van der Waals surface area (Å²) in [6.07, 6.45) is 0. The van der Waals surface area contributed by atoms with Crippen LogP contribution in [0.15, 0.2) is 77.7 Å². The Bertz CT molecular complexity index is 1200. The summed E-state index contributed by atoms with van der Waals surface area (Å²) in [5.74, 6) is -1.14. The van der Waals surface area contributed by atoms with E-state index < -0.39 is 27.7 Å². The van der Waals surface area contributed by atoms with Crippen molar-refractivity contribution in [3.8, 4) is 5.75 Å². The van der Waals surface area contributed by atoms with Crippen molar-refractivity contribution in [2.75, 3.05) is 11.3 Å². The first-order chi connectivity index (χ1) is 15.3. The molecule has 3 aromatic carbocycles. The number of sulfonamides is 1. The third-order valence-corrected chi connectivity index (χ3v) is 5.64. The van der Waals surface area contributed by atoms with Crippen LogP contribution in [0.25, 0.3) is 0 Å². The minimum absolute atomic E-state index is 0.0614. The Labute approximate surface area is 184 Å². The lowest BCUT2D eigenvalue weighted by Crippen LogP contribution is -2.41. The molecule has 10 heteroatoms. The molecule has 3 rings (SSSR count). The van der Waals surface area contributed by atoms with Crippen LogP contribution < -0.4 is 20.3 Å². The van der Waals surface area contributed by atoms with E-state index >= 15 is 0 Å². The van der Waals surface area contributed by atoms with E-state index in [4.69, 9.17) is 4.74 Å². The highest BCUT2D eigenvalue weighted by Crippen LogP contribution is 2.19. The molecule has 0 heterocycles. The molecule has 0 spiro atoms. The number of carbonyl (C=O) groups excluding carboxylic acids is 2. The number of nitrogens with one attached hydrogen (secondary N) is 3. The molecule has 0 aliphatic heterocycles. The Morgan fingerprint density at radius 1 is 0.812 bits per heavy atom. The lowest BCUT2D eigenvalue weighted by Gasteiger charge is -2.10. The molecule has 0 fully saturated rings. The van der Waals surface area contributed by atoms with Crippen molar-refractivity contribution in [2.24, 2.45) is 0 Å². The van der Waals surface area contributed by atoms with E-state index in [2.05, 4.69) is 15.6 Å². The number of anilines is 1. The van der Waals surface area contributed by atoms with E-state index in [-0.39, 0.29) is 21.7 Å². The zero-order valence-electron chi connectivity index (χ0n) is 17.0. The predicted molar refractivity (Wildman–Crippen MR) is 116 cm³/mol. The molecule has 0 unspecified atom stereocenters. The van der Waals surface area contributed by atoms with Gasteiger partial charge in [-0.05, 0) is 79.7 Å². The highest BCUT2D eigenvalue weighted by molar-refractivity contribution is 7.92. The highest BCUT2D eigenvalue weighted by atomic mass is 32.2. The Kier molecular flexibility index (Phi) is 7.06. The summed E-state index contributed by atoms with van der Waals surface area (Å²) in [5.41, 5.74) is 5.08. The molecule has 2 amide bonds. The number of carbonyl (C=O) groups is 2. The molecule has 3 N–H and O–H groups in total. The van der Waals surface area contributed by atoms with Crippen LogP contribution in [0.3, 0.4) is 0 Å². The van der Waals surface area contributed by atoms with Gasteiger partial charge in [0.1, 0.15) is 11.6 Å². The standard InChI is InChI=1S/C22H20FN3O5S/c1-2-31-19-11-13-20(14-12-19)32(29,30)26-18-9-5-16(6-10-18)22(28)25-24-21(27)15-3-7-17(23)8-4-15/h3-14,26H,2H2,1H3,(H,24,27)(H,25,28). The first kappa shape index (κ1) is 22.8. The predicted octanol–water partition coefficient (Wildman–Crippen LogP) is 3.10. The maximum Gasteiger partial charge on any atom is 0.269 e. The van der Waals surface area contributed by atoms with Crippen LogP contribution in [0.5, 0.6) is 5.75 Å². The van der Waals surface area contributed by atoms with E-state index in [0.29, 0.717) is 12.4 Å². The van der Waals surface area contributed by atoms with Crippen molar-refractivity contribution in [2.45, 2.75) is 11.8 Å². The fourth-order valence-electron chi connectivity index (χ4n) is 2.64. The van der Waals surface area contributed by atoms with Gasteiger partial charge in [0.15, 0.2) is 0 Å². The molecular formula is C22H20FN3O5S. The Morgan fingerprint density at radius 2 is 1.31 bits per heavy atom. The summed E-state index contributed by atoms with van der Waals surface area (Å²) >= 11 is 0. The molecular weight excluding hydrogens is 437 g/mol. The van der Waals surface area contributed by atoms with Gasteiger partial charge in [-0.3, -0.25) is 25.2 Å². The molecule has 0 bridgehead atoms. The maximum atomic E-state index is 12.9. The maximum absolute atomic E-state index is 12.9. The van der Waals surface area contributed by atoms with Crippen molar-refractivity contribution in [1.29, 1.82) is 0 Å². The number of rotatable bonds is 7. The third-order valence-electron chi connectivity index (χ3n) is 4.24. The van der Waals surface area contributed by atoms with Crippen molar-refractivity contribution in [1.82, 2.24) is 10.9 Å². The second-order valence-electron chi connectivity index (χ2n) is 6.50. The summed E-state index contributed by atoms with van der Waals surface area (Å²) in [5, 5.41) is 0. The highest BCUT2D eigenvalue weighted by Gasteiger charge is 2.15. The van der Waals surface area contributed by atoms with Crippen molar-refractivity contribution >= 4 is 27.5 Å². The van der Waals surface area contributed by atoms with Gasteiger partial charge >= 0.3 is 0 Å². The molecule has 0 aliphatic rings. The Balaban J connectivity index is 1.59.